The summed E-state index contributed by atoms with van der Waals surface area (Å²) in [6.45, 7) is 3.91. The molecule has 0 saturated carbocycles. The molecule has 7 heteroatoms. The highest BCUT2D eigenvalue weighted by atomic mass is 79.9. The van der Waals surface area contributed by atoms with E-state index in [1.54, 1.807) is 43.5 Å². The zero-order chi connectivity index (χ0) is 19.6. The molecule has 0 radical (unpaired) electrons. The molecule has 6 nitrogen and oxygen atoms in total. The highest BCUT2D eigenvalue weighted by molar-refractivity contribution is 9.10. The first-order chi connectivity index (χ1) is 13.0. The molecule has 2 aromatic carbocycles. The van der Waals surface area contributed by atoms with E-state index in [0.717, 1.165) is 10.0 Å². The fourth-order valence-electron chi connectivity index (χ4n) is 2.16. The molecular weight excluding hydrogens is 410 g/mol. The van der Waals surface area contributed by atoms with Crippen LogP contribution in [0.1, 0.15) is 5.56 Å². The fraction of sp³-hybridized carbons (Fsp3) is 0.100. The van der Waals surface area contributed by atoms with Gasteiger partial charge in [-0.2, -0.15) is 0 Å². The third kappa shape index (κ3) is 6.63. The first-order valence-electron chi connectivity index (χ1n) is 8.10. The van der Waals surface area contributed by atoms with Gasteiger partial charge in [-0.15, -0.1) is 6.58 Å². The lowest BCUT2D eigenvalue weighted by Gasteiger charge is -2.08. The molecule has 0 spiro atoms. The third-order valence-corrected chi connectivity index (χ3v) is 3.92. The number of rotatable bonds is 7. The molecule has 140 valence electrons. The van der Waals surface area contributed by atoms with E-state index in [0.29, 0.717) is 23.7 Å². The monoisotopic (exact) mass is 429 g/mol. The van der Waals surface area contributed by atoms with Crippen LogP contribution < -0.4 is 20.7 Å². The number of carbonyl (C=O) groups excluding carboxylic acids is 2. The Bertz CT molecular complexity index is 848. The highest BCUT2D eigenvalue weighted by Crippen LogP contribution is 2.24. The summed E-state index contributed by atoms with van der Waals surface area (Å²) in [4.78, 5) is 23.7. The minimum absolute atomic E-state index is 0.276. The molecule has 0 aliphatic carbocycles. The number of urea groups is 1. The van der Waals surface area contributed by atoms with Gasteiger partial charge in [0.2, 0.25) is 5.91 Å². The summed E-state index contributed by atoms with van der Waals surface area (Å²) in [7, 11) is 1.58. The highest BCUT2D eigenvalue weighted by Gasteiger charge is 2.03. The van der Waals surface area contributed by atoms with Crippen molar-refractivity contribution in [2.24, 2.45) is 0 Å². The van der Waals surface area contributed by atoms with Gasteiger partial charge in [0.05, 0.1) is 7.11 Å². The number of hydrogen-bond acceptors (Lipinski definition) is 3. The Morgan fingerprint density at radius 2 is 1.78 bits per heavy atom. The zero-order valence-electron chi connectivity index (χ0n) is 14.8. The standard InChI is InChI=1S/C20H20BrN3O3/c1-3-12-22-20(26)24-17-8-6-16(7-9-17)23-19(25)11-4-14-13-15(21)5-10-18(14)27-2/h3-11,13H,1,12H2,2H3,(H,23,25)(H2,22,24,26)/b11-4+. The Morgan fingerprint density at radius 1 is 1.11 bits per heavy atom. The number of halogens is 1. The van der Waals surface area contributed by atoms with Crippen molar-refractivity contribution in [1.82, 2.24) is 5.32 Å². The van der Waals surface area contributed by atoms with Gasteiger partial charge in [-0.25, -0.2) is 4.79 Å². The predicted molar refractivity (Wildman–Crippen MR) is 112 cm³/mol. The molecule has 0 aliphatic heterocycles. The third-order valence-electron chi connectivity index (χ3n) is 3.42. The van der Waals surface area contributed by atoms with Crippen LogP contribution in [0.25, 0.3) is 6.08 Å². The second-order valence-electron chi connectivity index (χ2n) is 5.41. The number of methoxy groups -OCH3 is 1. The van der Waals surface area contributed by atoms with Gasteiger partial charge < -0.3 is 20.7 Å². The van der Waals surface area contributed by atoms with Crippen molar-refractivity contribution in [3.05, 3.63) is 71.2 Å². The topological polar surface area (TPSA) is 79.5 Å². The van der Waals surface area contributed by atoms with E-state index in [2.05, 4.69) is 38.5 Å². The summed E-state index contributed by atoms with van der Waals surface area (Å²) < 4.78 is 6.16. The number of carbonyl (C=O) groups is 2. The quantitative estimate of drug-likeness (QED) is 0.450. The van der Waals surface area contributed by atoms with Gasteiger partial charge in [-0.3, -0.25) is 4.79 Å². The van der Waals surface area contributed by atoms with Crippen LogP contribution in [0.3, 0.4) is 0 Å². The summed E-state index contributed by atoms with van der Waals surface area (Å²) in [5.41, 5.74) is 2.01. The first kappa shape index (κ1) is 20.3. The first-order valence-corrected chi connectivity index (χ1v) is 8.89. The van der Waals surface area contributed by atoms with Crippen LogP contribution in [0.5, 0.6) is 5.75 Å². The van der Waals surface area contributed by atoms with Crippen molar-refractivity contribution in [2.75, 3.05) is 24.3 Å². The lowest BCUT2D eigenvalue weighted by Crippen LogP contribution is -2.28. The molecule has 0 fully saturated rings. The van der Waals surface area contributed by atoms with E-state index >= 15 is 0 Å². The van der Waals surface area contributed by atoms with E-state index in [1.807, 2.05) is 18.2 Å². The molecule has 0 unspecified atom stereocenters. The minimum Gasteiger partial charge on any atom is -0.496 e. The summed E-state index contributed by atoms with van der Waals surface area (Å²) in [5, 5.41) is 8.05. The Labute approximate surface area is 166 Å². The van der Waals surface area contributed by atoms with Gasteiger partial charge in [0.1, 0.15) is 5.75 Å². The molecule has 0 aromatic heterocycles. The fourth-order valence-corrected chi connectivity index (χ4v) is 2.54. The van der Waals surface area contributed by atoms with Gasteiger partial charge >= 0.3 is 6.03 Å². The number of nitrogens with one attached hydrogen (secondary N) is 3. The number of hydrogen-bond donors (Lipinski definition) is 3. The van der Waals surface area contributed by atoms with Crippen molar-refractivity contribution < 1.29 is 14.3 Å². The summed E-state index contributed by atoms with van der Waals surface area (Å²) in [6, 6.07) is 12.0. The van der Waals surface area contributed by atoms with Gasteiger partial charge in [0, 0.05) is 34.0 Å². The molecule has 27 heavy (non-hydrogen) atoms. The van der Waals surface area contributed by atoms with Gasteiger partial charge in [0.15, 0.2) is 0 Å². The second kappa shape index (κ2) is 10.2. The van der Waals surface area contributed by atoms with Gasteiger partial charge in [-0.1, -0.05) is 22.0 Å². The Hall–Kier alpha value is -3.06. The van der Waals surface area contributed by atoms with Crippen molar-refractivity contribution in [2.45, 2.75) is 0 Å². The number of amides is 3. The average molecular weight is 430 g/mol. The zero-order valence-corrected chi connectivity index (χ0v) is 16.4. The van der Waals surface area contributed by atoms with Crippen LogP contribution in [0, 0.1) is 0 Å². The van der Waals surface area contributed by atoms with Crippen LogP contribution in [0.15, 0.2) is 65.7 Å². The van der Waals surface area contributed by atoms with Crippen LogP contribution in [0.4, 0.5) is 16.2 Å². The molecular formula is C20H20BrN3O3. The molecule has 0 atom stereocenters. The minimum atomic E-state index is -0.322. The van der Waals surface area contributed by atoms with E-state index in [-0.39, 0.29) is 11.9 Å². The van der Waals surface area contributed by atoms with Crippen molar-refractivity contribution >= 4 is 45.3 Å². The lowest BCUT2D eigenvalue weighted by molar-refractivity contribution is -0.111. The van der Waals surface area contributed by atoms with Crippen LogP contribution >= 0.6 is 15.9 Å². The molecule has 3 amide bonds. The number of anilines is 2. The Balaban J connectivity index is 1.95. The lowest BCUT2D eigenvalue weighted by atomic mass is 10.2. The van der Waals surface area contributed by atoms with E-state index in [4.69, 9.17) is 4.74 Å². The predicted octanol–water partition coefficient (Wildman–Crippen LogP) is 4.42. The molecule has 0 saturated heterocycles. The summed E-state index contributed by atoms with van der Waals surface area (Å²) in [6.07, 6.45) is 4.70. The van der Waals surface area contributed by atoms with E-state index in [9.17, 15) is 9.59 Å². The molecule has 3 N–H and O–H groups in total. The molecule has 0 aliphatic rings. The molecule has 2 aromatic rings. The number of benzene rings is 2. The number of ether oxygens (including phenoxy) is 1. The average Bonchev–Trinajstić information content (AvgIpc) is 2.66. The van der Waals surface area contributed by atoms with Crippen molar-refractivity contribution in [3.63, 3.8) is 0 Å². The van der Waals surface area contributed by atoms with Gasteiger partial charge in [0.25, 0.3) is 0 Å². The van der Waals surface area contributed by atoms with Gasteiger partial charge in [-0.05, 0) is 48.5 Å². The van der Waals surface area contributed by atoms with E-state index in [1.165, 1.54) is 6.08 Å². The smallest absolute Gasteiger partial charge is 0.319 e. The van der Waals surface area contributed by atoms with Crippen molar-refractivity contribution in [3.8, 4) is 5.75 Å². The van der Waals surface area contributed by atoms with Crippen LogP contribution in [-0.4, -0.2) is 25.6 Å². The van der Waals surface area contributed by atoms with E-state index < -0.39 is 0 Å². The maximum absolute atomic E-state index is 12.1. The van der Waals surface area contributed by atoms with Crippen molar-refractivity contribution in [1.29, 1.82) is 0 Å². The Kier molecular flexibility index (Phi) is 7.63. The van der Waals surface area contributed by atoms with Crippen LogP contribution in [0.2, 0.25) is 0 Å². The molecule has 2 rings (SSSR count). The Morgan fingerprint density at radius 3 is 2.41 bits per heavy atom. The summed E-state index contributed by atoms with van der Waals surface area (Å²) >= 11 is 3.39. The SMILES string of the molecule is C=CCNC(=O)Nc1ccc(NC(=O)/C=C/c2cc(Br)ccc2OC)cc1. The maximum Gasteiger partial charge on any atom is 0.319 e. The normalized spacial score (nSPS) is 10.3. The van der Waals surface area contributed by atoms with Crippen LogP contribution in [-0.2, 0) is 4.79 Å². The molecule has 0 heterocycles. The molecule has 0 bridgehead atoms. The maximum atomic E-state index is 12.1. The largest absolute Gasteiger partial charge is 0.496 e. The second-order valence-corrected chi connectivity index (χ2v) is 6.33. The summed E-state index contributed by atoms with van der Waals surface area (Å²) in [5.74, 6) is 0.397.